The van der Waals surface area contributed by atoms with Gasteiger partial charge in [-0.25, -0.2) is 4.98 Å². The van der Waals surface area contributed by atoms with Gasteiger partial charge < -0.3 is 10.5 Å². The first-order valence-corrected chi connectivity index (χ1v) is 6.43. The molecule has 0 bridgehead atoms. The van der Waals surface area contributed by atoms with Crippen LogP contribution in [0, 0.1) is 0 Å². The van der Waals surface area contributed by atoms with E-state index in [1.54, 1.807) is 7.11 Å². The number of halogens is 1. The van der Waals surface area contributed by atoms with Crippen LogP contribution < -0.4 is 10.5 Å². The first-order chi connectivity index (χ1) is 8.24. The van der Waals surface area contributed by atoms with Gasteiger partial charge in [0, 0.05) is 12.0 Å². The summed E-state index contributed by atoms with van der Waals surface area (Å²) in [6, 6.07) is 7.76. The first-order valence-electron chi connectivity index (χ1n) is 5.24. The molecule has 0 saturated heterocycles. The van der Waals surface area contributed by atoms with Crippen LogP contribution in [0.25, 0.3) is 10.6 Å². The van der Waals surface area contributed by atoms with Gasteiger partial charge in [-0.1, -0.05) is 11.6 Å². The van der Waals surface area contributed by atoms with E-state index in [9.17, 15) is 0 Å². The minimum atomic E-state index is 0.561. The maximum atomic E-state index is 6.11. The lowest BCUT2D eigenvalue weighted by atomic mass is 10.2. The first kappa shape index (κ1) is 12.4. The molecule has 1 aromatic heterocycles. The molecule has 3 nitrogen and oxygen atoms in total. The number of rotatable bonds is 4. The molecule has 1 heterocycles. The second-order valence-electron chi connectivity index (χ2n) is 3.51. The molecule has 0 fully saturated rings. The van der Waals surface area contributed by atoms with E-state index in [1.165, 1.54) is 11.3 Å². The number of ether oxygens (including phenoxy) is 1. The van der Waals surface area contributed by atoms with Crippen LogP contribution in [-0.4, -0.2) is 18.6 Å². The van der Waals surface area contributed by atoms with Gasteiger partial charge in [-0.15, -0.1) is 11.3 Å². The lowest BCUT2D eigenvalue weighted by molar-refractivity contribution is 0.415. The fraction of sp³-hybridized carbons (Fsp3) is 0.250. The summed E-state index contributed by atoms with van der Waals surface area (Å²) in [5.41, 5.74) is 7.43. The third-order valence-corrected chi connectivity index (χ3v) is 3.75. The Balaban J connectivity index is 2.29. The molecule has 0 radical (unpaired) electrons. The summed E-state index contributed by atoms with van der Waals surface area (Å²) in [6.07, 6.45) is 0.714. The van der Waals surface area contributed by atoms with Crippen molar-refractivity contribution < 1.29 is 4.74 Å². The Hall–Kier alpha value is -1.10. The van der Waals surface area contributed by atoms with Crippen LogP contribution in [0.3, 0.4) is 0 Å². The minimum Gasteiger partial charge on any atom is -0.497 e. The predicted molar refractivity (Wildman–Crippen MR) is 71.9 cm³/mol. The number of methoxy groups -OCH3 is 1. The van der Waals surface area contributed by atoms with Crippen molar-refractivity contribution in [1.29, 1.82) is 0 Å². The number of aromatic nitrogens is 1. The fourth-order valence-electron chi connectivity index (χ4n) is 1.48. The Morgan fingerprint density at radius 3 is 2.65 bits per heavy atom. The molecule has 0 atom stereocenters. The van der Waals surface area contributed by atoms with Crippen molar-refractivity contribution in [3.05, 3.63) is 34.3 Å². The monoisotopic (exact) mass is 268 g/mol. The van der Waals surface area contributed by atoms with Gasteiger partial charge in [0.25, 0.3) is 0 Å². The predicted octanol–water partition coefficient (Wildman–Crippen LogP) is 2.97. The number of hydrogen-bond donors (Lipinski definition) is 1. The Kier molecular flexibility index (Phi) is 3.99. The highest BCUT2D eigenvalue weighted by atomic mass is 35.5. The van der Waals surface area contributed by atoms with Gasteiger partial charge in [0.15, 0.2) is 0 Å². The minimum absolute atomic E-state index is 0.561. The zero-order valence-electron chi connectivity index (χ0n) is 9.44. The average molecular weight is 269 g/mol. The van der Waals surface area contributed by atoms with Crippen molar-refractivity contribution in [3.63, 3.8) is 0 Å². The SMILES string of the molecule is COc1ccc(-c2nc(CCN)c(Cl)s2)cc1. The standard InChI is InChI=1S/C12H13ClN2OS/c1-16-9-4-2-8(3-5-9)12-15-10(6-7-14)11(13)17-12/h2-5H,6-7,14H2,1H3. The normalized spacial score (nSPS) is 10.5. The van der Waals surface area contributed by atoms with Gasteiger partial charge in [-0.2, -0.15) is 0 Å². The molecule has 0 saturated carbocycles. The molecule has 90 valence electrons. The molecule has 0 amide bonds. The van der Waals surface area contributed by atoms with E-state index in [0.29, 0.717) is 13.0 Å². The fourth-order valence-corrected chi connectivity index (χ4v) is 2.68. The van der Waals surface area contributed by atoms with E-state index in [-0.39, 0.29) is 0 Å². The highest BCUT2D eigenvalue weighted by Crippen LogP contribution is 2.32. The number of nitrogens with two attached hydrogens (primary N) is 1. The van der Waals surface area contributed by atoms with Crippen molar-refractivity contribution in [2.45, 2.75) is 6.42 Å². The molecule has 1 aromatic carbocycles. The van der Waals surface area contributed by atoms with E-state index in [1.807, 2.05) is 24.3 Å². The molecule has 2 rings (SSSR count). The quantitative estimate of drug-likeness (QED) is 0.927. The van der Waals surface area contributed by atoms with Crippen molar-refractivity contribution in [2.75, 3.05) is 13.7 Å². The van der Waals surface area contributed by atoms with E-state index < -0.39 is 0 Å². The van der Waals surface area contributed by atoms with Crippen LogP contribution in [0.1, 0.15) is 5.69 Å². The van der Waals surface area contributed by atoms with Gasteiger partial charge >= 0.3 is 0 Å². The lowest BCUT2D eigenvalue weighted by Gasteiger charge is -2.00. The molecule has 0 aliphatic rings. The Morgan fingerprint density at radius 2 is 2.06 bits per heavy atom. The van der Waals surface area contributed by atoms with Gasteiger partial charge in [0.2, 0.25) is 0 Å². The topological polar surface area (TPSA) is 48.1 Å². The van der Waals surface area contributed by atoms with Crippen molar-refractivity contribution >= 4 is 22.9 Å². The summed E-state index contributed by atoms with van der Waals surface area (Å²) in [5.74, 6) is 0.832. The number of hydrogen-bond acceptors (Lipinski definition) is 4. The van der Waals surface area contributed by atoms with Crippen LogP contribution in [0.2, 0.25) is 4.34 Å². The summed E-state index contributed by atoms with van der Waals surface area (Å²) in [5, 5.41) is 0.918. The van der Waals surface area contributed by atoms with Crippen molar-refractivity contribution in [1.82, 2.24) is 4.98 Å². The second kappa shape index (κ2) is 5.49. The largest absolute Gasteiger partial charge is 0.497 e. The second-order valence-corrected chi connectivity index (χ2v) is 5.11. The number of nitrogens with zero attached hydrogens (tertiary/aromatic N) is 1. The zero-order valence-corrected chi connectivity index (χ0v) is 11.0. The highest BCUT2D eigenvalue weighted by molar-refractivity contribution is 7.19. The third-order valence-electron chi connectivity index (χ3n) is 2.37. The summed E-state index contributed by atoms with van der Waals surface area (Å²) in [6.45, 7) is 0.561. The zero-order chi connectivity index (χ0) is 12.3. The molecule has 0 aliphatic carbocycles. The average Bonchev–Trinajstić information content (AvgIpc) is 2.72. The maximum Gasteiger partial charge on any atom is 0.125 e. The van der Waals surface area contributed by atoms with Crippen LogP contribution >= 0.6 is 22.9 Å². The molecule has 17 heavy (non-hydrogen) atoms. The summed E-state index contributed by atoms with van der Waals surface area (Å²) >= 11 is 7.59. The van der Waals surface area contributed by atoms with Crippen LogP contribution in [-0.2, 0) is 6.42 Å². The van der Waals surface area contributed by atoms with Gasteiger partial charge in [-0.3, -0.25) is 0 Å². The van der Waals surface area contributed by atoms with Crippen LogP contribution in [0.15, 0.2) is 24.3 Å². The van der Waals surface area contributed by atoms with Crippen LogP contribution in [0.4, 0.5) is 0 Å². The molecular formula is C12H13ClN2OS. The van der Waals surface area contributed by atoms with E-state index >= 15 is 0 Å². The highest BCUT2D eigenvalue weighted by Gasteiger charge is 2.10. The van der Waals surface area contributed by atoms with Crippen molar-refractivity contribution in [3.8, 4) is 16.3 Å². The van der Waals surface area contributed by atoms with E-state index in [2.05, 4.69) is 4.98 Å². The molecule has 0 unspecified atom stereocenters. The Labute approximate surface area is 109 Å². The molecule has 2 N–H and O–H groups in total. The Bertz CT molecular complexity index is 496. The lowest BCUT2D eigenvalue weighted by Crippen LogP contribution is -2.03. The van der Waals surface area contributed by atoms with E-state index in [4.69, 9.17) is 22.1 Å². The number of thiazole rings is 1. The van der Waals surface area contributed by atoms with E-state index in [0.717, 1.165) is 26.4 Å². The Morgan fingerprint density at radius 1 is 1.35 bits per heavy atom. The molecule has 5 heteroatoms. The summed E-state index contributed by atoms with van der Waals surface area (Å²) in [7, 11) is 1.65. The smallest absolute Gasteiger partial charge is 0.125 e. The van der Waals surface area contributed by atoms with Gasteiger partial charge in [0.05, 0.1) is 12.8 Å². The molecular weight excluding hydrogens is 256 g/mol. The van der Waals surface area contributed by atoms with Gasteiger partial charge in [-0.05, 0) is 30.8 Å². The molecule has 0 spiro atoms. The molecule has 0 aliphatic heterocycles. The van der Waals surface area contributed by atoms with Crippen molar-refractivity contribution in [2.24, 2.45) is 5.73 Å². The summed E-state index contributed by atoms with van der Waals surface area (Å²) < 4.78 is 5.84. The number of benzene rings is 1. The third kappa shape index (κ3) is 2.77. The maximum absolute atomic E-state index is 6.11. The summed E-state index contributed by atoms with van der Waals surface area (Å²) in [4.78, 5) is 4.49. The van der Waals surface area contributed by atoms with Crippen LogP contribution in [0.5, 0.6) is 5.75 Å². The molecule has 2 aromatic rings. The van der Waals surface area contributed by atoms with Gasteiger partial charge in [0.1, 0.15) is 15.1 Å².